The molecule has 1 spiro atoms. The summed E-state index contributed by atoms with van der Waals surface area (Å²) < 4.78 is 28.8. The van der Waals surface area contributed by atoms with Gasteiger partial charge in [0.05, 0.1) is 11.1 Å². The number of rotatable bonds is 3. The molecule has 29 heavy (non-hydrogen) atoms. The number of fused-ring (bicyclic) bond motifs is 2. The zero-order chi connectivity index (χ0) is 21.0. The van der Waals surface area contributed by atoms with Crippen LogP contribution < -0.4 is 14.8 Å². The quantitative estimate of drug-likeness (QED) is 0.436. The van der Waals surface area contributed by atoms with Crippen molar-refractivity contribution in [3.63, 3.8) is 0 Å². The first-order valence-electron chi connectivity index (χ1n) is 9.00. The third kappa shape index (κ3) is 4.75. The van der Waals surface area contributed by atoms with Gasteiger partial charge in [-0.15, -0.1) is 0 Å². The monoisotopic (exact) mass is 507 g/mol. The Kier molecular flexibility index (Phi) is 7.51. The van der Waals surface area contributed by atoms with Gasteiger partial charge in [0.1, 0.15) is 27.3 Å². The van der Waals surface area contributed by atoms with E-state index in [2.05, 4.69) is 26.0 Å². The molecule has 5 nitrogen and oxygen atoms in total. The number of aromatic hydroxyl groups is 1. The lowest BCUT2D eigenvalue weighted by Gasteiger charge is -2.32. The van der Waals surface area contributed by atoms with E-state index >= 15 is 0 Å². The minimum absolute atomic E-state index is 0.0425. The van der Waals surface area contributed by atoms with Crippen LogP contribution in [0.1, 0.15) is 18.4 Å². The number of piperidine rings is 1. The minimum Gasteiger partial charge on any atom is -0.506 e. The Labute approximate surface area is 187 Å². The predicted octanol–water partition coefficient (Wildman–Crippen LogP) is 5.28. The van der Waals surface area contributed by atoms with E-state index in [-0.39, 0.29) is 28.7 Å². The van der Waals surface area contributed by atoms with Crippen molar-refractivity contribution in [2.24, 2.45) is 0 Å². The Morgan fingerprint density at radius 1 is 1.21 bits per heavy atom. The summed E-state index contributed by atoms with van der Waals surface area (Å²) in [6.45, 7) is 2.76. The number of hydrogen-bond acceptors (Lipinski definition) is 5. The molecule has 1 fully saturated rings. The molecule has 9 heteroatoms. The Morgan fingerprint density at radius 3 is 2.62 bits per heavy atom. The van der Waals surface area contributed by atoms with E-state index in [9.17, 15) is 9.50 Å². The fraction of sp³-hybridized carbons (Fsp3) is 0.400. The Morgan fingerprint density at radius 2 is 1.93 bits per heavy atom. The number of hydrogen-bond donors (Lipinski definition) is 2. The van der Waals surface area contributed by atoms with Gasteiger partial charge in [0, 0.05) is 18.1 Å². The molecular formula is C20H21BrCl2FNO4. The zero-order valence-corrected chi connectivity index (χ0v) is 18.8. The van der Waals surface area contributed by atoms with Gasteiger partial charge in [0.15, 0.2) is 12.6 Å². The standard InChI is InChI=1S/C12H14ClNO2.C8H7BrClFO2/c13-10-9(15)2-1-8-11(10)16-7-12(8)3-5-14-6-4-12;1-12-4-13-6-3-2-5(9)8(11)7(6)10/h1-2,14-15H,3-7H2;2-3H,4H2,1H3. The van der Waals surface area contributed by atoms with Crippen molar-refractivity contribution in [3.05, 3.63) is 50.2 Å². The molecule has 0 aromatic heterocycles. The van der Waals surface area contributed by atoms with E-state index in [1.54, 1.807) is 12.1 Å². The van der Waals surface area contributed by atoms with Gasteiger partial charge < -0.3 is 24.6 Å². The van der Waals surface area contributed by atoms with Gasteiger partial charge in [0.2, 0.25) is 0 Å². The third-order valence-electron chi connectivity index (χ3n) is 5.03. The molecule has 0 aliphatic carbocycles. The molecule has 0 bridgehead atoms. The lowest BCUT2D eigenvalue weighted by Crippen LogP contribution is -2.40. The SMILES string of the molecule is COCOc1ccc(Br)c(F)c1Cl.Oc1ccc2c(c1Cl)OCC21CCNCC1. The highest BCUT2D eigenvalue weighted by atomic mass is 79.9. The molecule has 0 atom stereocenters. The summed E-state index contributed by atoms with van der Waals surface area (Å²) in [7, 11) is 1.48. The second kappa shape index (κ2) is 9.71. The van der Waals surface area contributed by atoms with Crippen molar-refractivity contribution in [2.75, 3.05) is 33.6 Å². The average molecular weight is 509 g/mol. The topological polar surface area (TPSA) is 60.0 Å². The second-order valence-electron chi connectivity index (χ2n) is 6.82. The summed E-state index contributed by atoms with van der Waals surface area (Å²) in [5, 5.41) is 13.2. The maximum absolute atomic E-state index is 13.1. The predicted molar refractivity (Wildman–Crippen MR) is 114 cm³/mol. The fourth-order valence-corrected chi connectivity index (χ4v) is 4.34. The van der Waals surface area contributed by atoms with Crippen molar-refractivity contribution in [3.8, 4) is 17.2 Å². The zero-order valence-electron chi connectivity index (χ0n) is 15.7. The molecule has 1 saturated heterocycles. The lowest BCUT2D eigenvalue weighted by atomic mass is 9.75. The van der Waals surface area contributed by atoms with Gasteiger partial charge in [0.25, 0.3) is 0 Å². The number of phenols is 1. The maximum atomic E-state index is 13.1. The molecule has 2 heterocycles. The molecule has 0 saturated carbocycles. The second-order valence-corrected chi connectivity index (χ2v) is 8.43. The first-order chi connectivity index (χ1) is 13.9. The number of benzene rings is 2. The van der Waals surface area contributed by atoms with E-state index in [1.807, 2.05) is 6.07 Å². The normalized spacial score (nSPS) is 16.6. The highest BCUT2D eigenvalue weighted by Gasteiger charge is 2.42. The highest BCUT2D eigenvalue weighted by molar-refractivity contribution is 9.10. The van der Waals surface area contributed by atoms with Crippen LogP contribution in [-0.2, 0) is 10.2 Å². The molecular weight excluding hydrogens is 488 g/mol. The number of nitrogens with one attached hydrogen (secondary N) is 1. The van der Waals surface area contributed by atoms with Gasteiger partial charge in [-0.05, 0) is 60.1 Å². The van der Waals surface area contributed by atoms with Crippen molar-refractivity contribution in [1.82, 2.24) is 5.32 Å². The summed E-state index contributed by atoms with van der Waals surface area (Å²) in [6.07, 6.45) is 2.14. The maximum Gasteiger partial charge on any atom is 0.188 e. The molecule has 0 amide bonds. The van der Waals surface area contributed by atoms with Gasteiger partial charge in [-0.3, -0.25) is 0 Å². The third-order valence-corrected chi connectivity index (χ3v) is 6.36. The number of methoxy groups -OCH3 is 1. The molecule has 2 aliphatic rings. The molecule has 0 radical (unpaired) electrons. The van der Waals surface area contributed by atoms with E-state index in [0.717, 1.165) is 31.5 Å². The summed E-state index contributed by atoms with van der Waals surface area (Å²) >= 11 is 14.7. The number of phenolic OH excluding ortho intramolecular Hbond substituents is 1. The van der Waals surface area contributed by atoms with E-state index in [4.69, 9.17) is 32.7 Å². The molecule has 2 N–H and O–H groups in total. The minimum atomic E-state index is -0.532. The Bertz CT molecular complexity index is 878. The van der Waals surface area contributed by atoms with Crippen molar-refractivity contribution in [2.45, 2.75) is 18.3 Å². The van der Waals surface area contributed by atoms with Crippen molar-refractivity contribution < 1.29 is 23.7 Å². The summed E-state index contributed by atoms with van der Waals surface area (Å²) in [6, 6.07) is 6.70. The summed E-state index contributed by atoms with van der Waals surface area (Å²) in [5.41, 5.74) is 1.27. The molecule has 2 aromatic carbocycles. The van der Waals surface area contributed by atoms with Gasteiger partial charge in [-0.1, -0.05) is 29.3 Å². The molecule has 2 aromatic rings. The first-order valence-corrected chi connectivity index (χ1v) is 10.6. The van der Waals surface area contributed by atoms with Crippen LogP contribution in [0.25, 0.3) is 0 Å². The van der Waals surface area contributed by atoms with Crippen molar-refractivity contribution >= 4 is 39.1 Å². The molecule has 4 rings (SSSR count). The van der Waals surface area contributed by atoms with Crippen LogP contribution in [0, 0.1) is 5.82 Å². The Hall–Kier alpha value is -1.25. The number of halogens is 4. The van der Waals surface area contributed by atoms with Crippen LogP contribution in [0.5, 0.6) is 17.2 Å². The van der Waals surface area contributed by atoms with Gasteiger partial charge >= 0.3 is 0 Å². The smallest absolute Gasteiger partial charge is 0.188 e. The highest BCUT2D eigenvalue weighted by Crippen LogP contribution is 2.49. The van der Waals surface area contributed by atoms with Crippen LogP contribution in [0.15, 0.2) is 28.7 Å². The van der Waals surface area contributed by atoms with Crippen LogP contribution in [0.2, 0.25) is 10.0 Å². The average Bonchev–Trinajstić information content (AvgIpc) is 3.08. The molecule has 158 valence electrons. The first kappa shape index (κ1) is 22.4. The Balaban J connectivity index is 0.000000170. The summed E-state index contributed by atoms with van der Waals surface area (Å²) in [5.74, 6) is 0.523. The van der Waals surface area contributed by atoms with Crippen LogP contribution in [0.3, 0.4) is 0 Å². The molecule has 2 aliphatic heterocycles. The van der Waals surface area contributed by atoms with E-state index in [0.29, 0.717) is 21.9 Å². The molecule has 0 unspecified atom stereocenters. The van der Waals surface area contributed by atoms with E-state index < -0.39 is 5.82 Å². The lowest BCUT2D eigenvalue weighted by molar-refractivity contribution is 0.0510. The largest absolute Gasteiger partial charge is 0.506 e. The van der Waals surface area contributed by atoms with Crippen LogP contribution >= 0.6 is 39.1 Å². The van der Waals surface area contributed by atoms with Crippen LogP contribution in [0.4, 0.5) is 4.39 Å². The fourth-order valence-electron chi connectivity index (χ4n) is 3.45. The van der Waals surface area contributed by atoms with Crippen molar-refractivity contribution in [1.29, 1.82) is 0 Å². The van der Waals surface area contributed by atoms with Crippen LogP contribution in [-0.4, -0.2) is 38.7 Å². The number of ether oxygens (including phenoxy) is 3. The van der Waals surface area contributed by atoms with Gasteiger partial charge in [-0.2, -0.15) is 0 Å². The summed E-state index contributed by atoms with van der Waals surface area (Å²) in [4.78, 5) is 0. The van der Waals surface area contributed by atoms with Gasteiger partial charge in [-0.25, -0.2) is 4.39 Å². The van der Waals surface area contributed by atoms with E-state index in [1.165, 1.54) is 13.2 Å².